The van der Waals surface area contributed by atoms with Gasteiger partial charge in [0.15, 0.2) is 0 Å². The van der Waals surface area contributed by atoms with E-state index in [4.69, 9.17) is 0 Å². The molecule has 1 aromatic carbocycles. The molecule has 1 fully saturated rings. The highest BCUT2D eigenvalue weighted by molar-refractivity contribution is 7.99. The summed E-state index contributed by atoms with van der Waals surface area (Å²) in [5, 5.41) is 4.70. The van der Waals surface area contributed by atoms with Gasteiger partial charge in [-0.05, 0) is 12.1 Å². The van der Waals surface area contributed by atoms with Crippen molar-refractivity contribution in [3.63, 3.8) is 0 Å². The second kappa shape index (κ2) is 6.70. The van der Waals surface area contributed by atoms with Crippen LogP contribution in [0.4, 0.5) is 0 Å². The van der Waals surface area contributed by atoms with Crippen LogP contribution in [-0.4, -0.2) is 47.6 Å². The van der Waals surface area contributed by atoms with Crippen LogP contribution in [0.3, 0.4) is 0 Å². The highest BCUT2D eigenvalue weighted by Crippen LogP contribution is 2.21. The van der Waals surface area contributed by atoms with Gasteiger partial charge in [0.25, 0.3) is 0 Å². The van der Waals surface area contributed by atoms with E-state index in [1.165, 1.54) is 34.3 Å². The molecular weight excluding hydrogens is 274 g/mol. The van der Waals surface area contributed by atoms with Gasteiger partial charge < -0.3 is 10.2 Å². The molecule has 1 saturated heterocycles. The SMILES string of the molecule is c1ccc2sc(CNCCN3CCSCC3)nc2c1. The lowest BCUT2D eigenvalue weighted by molar-refractivity contribution is 0.301. The standard InChI is InChI=1S/C14H19N3S2/c1-2-4-13-12(3-1)16-14(19-13)11-15-5-6-17-7-9-18-10-8-17/h1-4,15H,5-11H2. The molecule has 3 nitrogen and oxygen atoms in total. The molecular formula is C14H19N3S2. The van der Waals surface area contributed by atoms with Crippen molar-refractivity contribution >= 4 is 33.3 Å². The molecule has 0 radical (unpaired) electrons. The molecule has 0 atom stereocenters. The molecule has 1 aliphatic rings. The molecule has 102 valence electrons. The summed E-state index contributed by atoms with van der Waals surface area (Å²) in [6.07, 6.45) is 0. The largest absolute Gasteiger partial charge is 0.309 e. The minimum atomic E-state index is 0.891. The summed E-state index contributed by atoms with van der Waals surface area (Å²) >= 11 is 3.86. The van der Waals surface area contributed by atoms with Crippen LogP contribution in [0, 0.1) is 0 Å². The fraction of sp³-hybridized carbons (Fsp3) is 0.500. The van der Waals surface area contributed by atoms with Crippen molar-refractivity contribution in [1.82, 2.24) is 15.2 Å². The Hall–Kier alpha value is -0.620. The summed E-state index contributed by atoms with van der Waals surface area (Å²) in [5.41, 5.74) is 1.12. The van der Waals surface area contributed by atoms with E-state index in [1.54, 1.807) is 11.3 Å². The molecule has 19 heavy (non-hydrogen) atoms. The summed E-state index contributed by atoms with van der Waals surface area (Å²) in [6.45, 7) is 5.59. The Morgan fingerprint density at radius 2 is 2.05 bits per heavy atom. The summed E-state index contributed by atoms with van der Waals surface area (Å²) < 4.78 is 1.28. The molecule has 2 aromatic rings. The van der Waals surface area contributed by atoms with Crippen LogP contribution < -0.4 is 5.32 Å². The maximum absolute atomic E-state index is 4.64. The minimum Gasteiger partial charge on any atom is -0.309 e. The highest BCUT2D eigenvalue weighted by Gasteiger charge is 2.09. The maximum Gasteiger partial charge on any atom is 0.108 e. The molecule has 0 bridgehead atoms. The quantitative estimate of drug-likeness (QED) is 0.857. The molecule has 1 aromatic heterocycles. The summed E-state index contributed by atoms with van der Waals surface area (Å²) in [7, 11) is 0. The zero-order valence-corrected chi connectivity index (χ0v) is 12.6. The van der Waals surface area contributed by atoms with E-state index >= 15 is 0 Å². The van der Waals surface area contributed by atoms with E-state index in [0.29, 0.717) is 0 Å². The van der Waals surface area contributed by atoms with Crippen LogP contribution in [0.25, 0.3) is 10.2 Å². The first-order valence-electron chi connectivity index (χ1n) is 6.77. The number of rotatable bonds is 5. The number of aromatic nitrogens is 1. The molecule has 2 heterocycles. The van der Waals surface area contributed by atoms with Crippen molar-refractivity contribution in [3.05, 3.63) is 29.3 Å². The number of nitrogens with zero attached hydrogens (tertiary/aromatic N) is 2. The number of benzene rings is 1. The monoisotopic (exact) mass is 293 g/mol. The Bertz CT molecular complexity index is 487. The van der Waals surface area contributed by atoms with Crippen molar-refractivity contribution in [2.45, 2.75) is 6.54 Å². The molecule has 1 aliphatic heterocycles. The second-order valence-electron chi connectivity index (χ2n) is 4.71. The predicted octanol–water partition coefficient (Wildman–Crippen LogP) is 2.43. The Kier molecular flexibility index (Phi) is 4.71. The van der Waals surface area contributed by atoms with E-state index in [-0.39, 0.29) is 0 Å². The van der Waals surface area contributed by atoms with Crippen molar-refractivity contribution in [2.24, 2.45) is 0 Å². The van der Waals surface area contributed by atoms with Crippen LogP contribution in [-0.2, 0) is 6.54 Å². The maximum atomic E-state index is 4.64. The third-order valence-corrected chi connectivity index (χ3v) is 5.30. The molecule has 5 heteroatoms. The zero-order valence-electron chi connectivity index (χ0n) is 11.0. The van der Waals surface area contributed by atoms with Gasteiger partial charge in [0.2, 0.25) is 0 Å². The lowest BCUT2D eigenvalue weighted by Crippen LogP contribution is -2.37. The fourth-order valence-corrected chi connectivity index (χ4v) is 4.17. The number of thiazole rings is 1. The highest BCUT2D eigenvalue weighted by atomic mass is 32.2. The average molecular weight is 293 g/mol. The van der Waals surface area contributed by atoms with Crippen LogP contribution in [0.2, 0.25) is 0 Å². The molecule has 0 saturated carbocycles. The molecule has 0 spiro atoms. The van der Waals surface area contributed by atoms with Gasteiger partial charge in [0.1, 0.15) is 5.01 Å². The van der Waals surface area contributed by atoms with Crippen molar-refractivity contribution < 1.29 is 0 Å². The van der Waals surface area contributed by atoms with E-state index in [9.17, 15) is 0 Å². The molecule has 3 rings (SSSR count). The zero-order chi connectivity index (χ0) is 12.9. The van der Waals surface area contributed by atoms with E-state index in [2.05, 4.69) is 45.2 Å². The number of hydrogen-bond acceptors (Lipinski definition) is 5. The predicted molar refractivity (Wildman–Crippen MR) is 85.1 cm³/mol. The lowest BCUT2D eigenvalue weighted by atomic mass is 10.3. The van der Waals surface area contributed by atoms with Gasteiger partial charge in [-0.1, -0.05) is 12.1 Å². The van der Waals surface area contributed by atoms with Crippen molar-refractivity contribution in [2.75, 3.05) is 37.7 Å². The van der Waals surface area contributed by atoms with Gasteiger partial charge >= 0.3 is 0 Å². The number of hydrogen-bond donors (Lipinski definition) is 1. The summed E-state index contributed by atoms with van der Waals surface area (Å²) in [6, 6.07) is 8.35. The number of thioether (sulfide) groups is 1. The minimum absolute atomic E-state index is 0.891. The second-order valence-corrected chi connectivity index (χ2v) is 7.05. The van der Waals surface area contributed by atoms with Crippen molar-refractivity contribution in [1.29, 1.82) is 0 Å². The summed E-state index contributed by atoms with van der Waals surface area (Å²) in [4.78, 5) is 7.18. The van der Waals surface area contributed by atoms with Gasteiger partial charge in [-0.3, -0.25) is 0 Å². The van der Waals surface area contributed by atoms with Gasteiger partial charge in [0, 0.05) is 44.2 Å². The van der Waals surface area contributed by atoms with Gasteiger partial charge in [-0.25, -0.2) is 4.98 Å². The molecule has 0 aliphatic carbocycles. The molecule has 0 unspecified atom stereocenters. The van der Waals surface area contributed by atoms with E-state index in [0.717, 1.165) is 25.2 Å². The topological polar surface area (TPSA) is 28.2 Å². The smallest absolute Gasteiger partial charge is 0.108 e. The Morgan fingerprint density at radius 1 is 1.21 bits per heavy atom. The number of para-hydroxylation sites is 1. The third-order valence-electron chi connectivity index (χ3n) is 3.32. The molecule has 1 N–H and O–H groups in total. The average Bonchev–Trinajstić information content (AvgIpc) is 2.87. The van der Waals surface area contributed by atoms with Crippen LogP contribution in [0.15, 0.2) is 24.3 Å². The Morgan fingerprint density at radius 3 is 2.89 bits per heavy atom. The van der Waals surface area contributed by atoms with Gasteiger partial charge in [0.05, 0.1) is 10.2 Å². The Labute approximate surface area is 122 Å². The van der Waals surface area contributed by atoms with Crippen LogP contribution in [0.1, 0.15) is 5.01 Å². The van der Waals surface area contributed by atoms with Gasteiger partial charge in [-0.2, -0.15) is 11.8 Å². The molecule has 0 amide bonds. The van der Waals surface area contributed by atoms with Crippen LogP contribution in [0.5, 0.6) is 0 Å². The van der Waals surface area contributed by atoms with E-state index in [1.807, 2.05) is 6.07 Å². The first-order valence-corrected chi connectivity index (χ1v) is 8.74. The first kappa shape index (κ1) is 13.4. The van der Waals surface area contributed by atoms with Crippen molar-refractivity contribution in [3.8, 4) is 0 Å². The third kappa shape index (κ3) is 3.69. The lowest BCUT2D eigenvalue weighted by Gasteiger charge is -2.25. The number of nitrogens with one attached hydrogen (secondary N) is 1. The normalized spacial score (nSPS) is 17.1. The van der Waals surface area contributed by atoms with Gasteiger partial charge in [-0.15, -0.1) is 11.3 Å². The van der Waals surface area contributed by atoms with Crippen LogP contribution >= 0.6 is 23.1 Å². The summed E-state index contributed by atoms with van der Waals surface area (Å²) in [5.74, 6) is 2.58. The Balaban J connectivity index is 1.44. The number of fused-ring (bicyclic) bond motifs is 1. The van der Waals surface area contributed by atoms with E-state index < -0.39 is 0 Å². The fourth-order valence-electron chi connectivity index (χ4n) is 2.25. The first-order chi connectivity index (χ1) is 9.42.